The maximum Gasteiger partial charge on any atom is 0.312 e. The minimum atomic E-state index is -0.955. The van der Waals surface area contributed by atoms with Crippen LogP contribution >= 0.6 is 11.6 Å². The lowest BCUT2D eigenvalue weighted by atomic mass is 10.1. The van der Waals surface area contributed by atoms with Gasteiger partial charge in [-0.3, -0.25) is 14.4 Å². The highest BCUT2D eigenvalue weighted by molar-refractivity contribution is 6.30. The molecule has 29 heavy (non-hydrogen) atoms. The van der Waals surface area contributed by atoms with E-state index in [0.29, 0.717) is 28.6 Å². The number of para-hydroxylation sites is 2. The van der Waals surface area contributed by atoms with Crippen LogP contribution < -0.4 is 9.64 Å². The minimum absolute atomic E-state index is 0.0289. The van der Waals surface area contributed by atoms with Gasteiger partial charge in [0, 0.05) is 23.6 Å². The quantitative estimate of drug-likeness (QED) is 0.506. The van der Waals surface area contributed by atoms with E-state index in [-0.39, 0.29) is 24.7 Å². The normalized spacial score (nSPS) is 17.1. The van der Waals surface area contributed by atoms with E-state index in [9.17, 15) is 14.4 Å². The molecule has 7 heteroatoms. The predicted octanol–water partition coefficient (Wildman–Crippen LogP) is 3.91. The van der Waals surface area contributed by atoms with Crippen LogP contribution in [0.1, 0.15) is 30.6 Å². The third-order valence-electron chi connectivity index (χ3n) is 4.71. The molecule has 1 fully saturated rings. The summed E-state index contributed by atoms with van der Waals surface area (Å²) < 4.78 is 10.9. The summed E-state index contributed by atoms with van der Waals surface area (Å²) in [6.07, 6.45) is -0.926. The third kappa shape index (κ3) is 4.77. The molecule has 6 nitrogen and oxygen atoms in total. The second kappa shape index (κ2) is 9.09. The number of ether oxygens (including phenoxy) is 2. The fourth-order valence-electron chi connectivity index (χ4n) is 3.23. The molecular formula is C22H22ClNO5. The first-order chi connectivity index (χ1) is 13.9. The van der Waals surface area contributed by atoms with Crippen molar-refractivity contribution in [1.82, 2.24) is 0 Å². The van der Waals surface area contributed by atoms with Crippen LogP contribution in [0.4, 0.5) is 5.69 Å². The summed E-state index contributed by atoms with van der Waals surface area (Å²) in [7, 11) is 0. The van der Waals surface area contributed by atoms with Crippen LogP contribution in [0.2, 0.25) is 5.02 Å². The van der Waals surface area contributed by atoms with E-state index in [0.717, 1.165) is 0 Å². The Morgan fingerprint density at radius 3 is 2.55 bits per heavy atom. The van der Waals surface area contributed by atoms with E-state index >= 15 is 0 Å². The van der Waals surface area contributed by atoms with Crippen molar-refractivity contribution in [2.45, 2.75) is 26.4 Å². The molecular weight excluding hydrogens is 394 g/mol. The molecule has 0 unspecified atom stereocenters. The van der Waals surface area contributed by atoms with Crippen molar-refractivity contribution >= 4 is 34.9 Å². The Morgan fingerprint density at radius 1 is 1.17 bits per heavy atom. The number of carbonyl (C=O) groups excluding carboxylic acids is 3. The first-order valence-electron chi connectivity index (χ1n) is 9.43. The number of nitrogens with zero attached hydrogens (tertiary/aromatic N) is 1. The Balaban J connectivity index is 1.66. The number of Topliss-reactive ketones (excluding diaryl/α,β-unsaturated/α-hetero) is 1. The molecule has 152 valence electrons. The number of amides is 1. The second-order valence-corrected chi connectivity index (χ2v) is 7.19. The van der Waals surface area contributed by atoms with Gasteiger partial charge in [-0.2, -0.15) is 0 Å². The molecule has 1 aliphatic heterocycles. The van der Waals surface area contributed by atoms with Crippen molar-refractivity contribution in [2.24, 2.45) is 5.92 Å². The zero-order valence-corrected chi connectivity index (χ0v) is 17.0. The fourth-order valence-corrected chi connectivity index (χ4v) is 3.35. The van der Waals surface area contributed by atoms with Gasteiger partial charge in [-0.15, -0.1) is 0 Å². The third-order valence-corrected chi connectivity index (χ3v) is 4.96. The predicted molar refractivity (Wildman–Crippen MR) is 109 cm³/mol. The zero-order valence-electron chi connectivity index (χ0n) is 16.3. The molecule has 0 saturated carbocycles. The van der Waals surface area contributed by atoms with Crippen molar-refractivity contribution in [1.29, 1.82) is 0 Å². The monoisotopic (exact) mass is 415 g/mol. The van der Waals surface area contributed by atoms with E-state index < -0.39 is 18.0 Å². The van der Waals surface area contributed by atoms with E-state index in [2.05, 4.69) is 0 Å². The molecule has 3 rings (SSSR count). The fraction of sp³-hybridized carbons (Fsp3) is 0.318. The smallest absolute Gasteiger partial charge is 0.312 e. The Labute approximate surface area is 174 Å². The average Bonchev–Trinajstić information content (AvgIpc) is 3.10. The van der Waals surface area contributed by atoms with E-state index in [1.165, 1.54) is 11.8 Å². The largest absolute Gasteiger partial charge is 0.492 e. The number of esters is 1. The summed E-state index contributed by atoms with van der Waals surface area (Å²) in [5.41, 5.74) is 1.03. The Bertz CT molecular complexity index is 912. The SMILES string of the molecule is CCOc1ccccc1N1C[C@H](C(=O)O[C@@H](C)C(=O)c2ccc(Cl)cc2)CC1=O. The van der Waals surface area contributed by atoms with Gasteiger partial charge >= 0.3 is 5.97 Å². The van der Waals surface area contributed by atoms with Crippen LogP contribution in [0, 0.1) is 5.92 Å². The van der Waals surface area contributed by atoms with Crippen LogP contribution in [0.5, 0.6) is 5.75 Å². The van der Waals surface area contributed by atoms with E-state index in [4.69, 9.17) is 21.1 Å². The topological polar surface area (TPSA) is 72.9 Å². The van der Waals surface area contributed by atoms with Crippen LogP contribution in [0.3, 0.4) is 0 Å². The highest BCUT2D eigenvalue weighted by Gasteiger charge is 2.38. The van der Waals surface area contributed by atoms with Crippen LogP contribution in [-0.4, -0.2) is 36.9 Å². The molecule has 0 bridgehead atoms. The van der Waals surface area contributed by atoms with Crippen LogP contribution in [-0.2, 0) is 14.3 Å². The minimum Gasteiger partial charge on any atom is -0.492 e. The first-order valence-corrected chi connectivity index (χ1v) is 9.81. The molecule has 2 aromatic carbocycles. The lowest BCUT2D eigenvalue weighted by Crippen LogP contribution is -2.30. The van der Waals surface area contributed by atoms with Gasteiger partial charge in [0.05, 0.1) is 18.2 Å². The molecule has 1 amide bonds. The van der Waals surface area contributed by atoms with E-state index in [1.807, 2.05) is 19.1 Å². The van der Waals surface area contributed by atoms with Gasteiger partial charge in [0.25, 0.3) is 0 Å². The van der Waals surface area contributed by atoms with Gasteiger partial charge in [-0.05, 0) is 50.2 Å². The average molecular weight is 416 g/mol. The van der Waals surface area contributed by atoms with Crippen LogP contribution in [0.15, 0.2) is 48.5 Å². The van der Waals surface area contributed by atoms with Gasteiger partial charge in [-0.1, -0.05) is 23.7 Å². The van der Waals surface area contributed by atoms with Gasteiger partial charge in [0.2, 0.25) is 11.7 Å². The van der Waals surface area contributed by atoms with Gasteiger partial charge in [0.1, 0.15) is 5.75 Å². The molecule has 0 radical (unpaired) electrons. The number of ketones is 1. The standard InChI is InChI=1S/C22H22ClNO5/c1-3-28-19-7-5-4-6-18(19)24-13-16(12-20(24)25)22(27)29-14(2)21(26)15-8-10-17(23)11-9-15/h4-11,14,16H,3,12-13H2,1-2H3/t14-,16+/m0/s1. The molecule has 1 heterocycles. The number of rotatable bonds is 7. The van der Waals surface area contributed by atoms with Crippen molar-refractivity contribution in [3.8, 4) is 5.75 Å². The first kappa shape index (κ1) is 20.9. The Morgan fingerprint density at radius 2 is 1.86 bits per heavy atom. The molecule has 1 aliphatic rings. The van der Waals surface area contributed by atoms with Crippen LogP contribution in [0.25, 0.3) is 0 Å². The van der Waals surface area contributed by atoms with Gasteiger partial charge < -0.3 is 14.4 Å². The summed E-state index contributed by atoms with van der Waals surface area (Å²) in [4.78, 5) is 39.1. The Hall–Kier alpha value is -2.86. The summed E-state index contributed by atoms with van der Waals surface area (Å²) in [6, 6.07) is 13.6. The summed E-state index contributed by atoms with van der Waals surface area (Å²) in [5.74, 6) is -1.13. The molecule has 2 atom stereocenters. The Kier molecular flexibility index (Phi) is 6.54. The highest BCUT2D eigenvalue weighted by Crippen LogP contribution is 2.33. The molecule has 0 aliphatic carbocycles. The lowest BCUT2D eigenvalue weighted by Gasteiger charge is -2.20. The maximum absolute atomic E-state index is 12.6. The molecule has 0 N–H and O–H groups in total. The number of hydrogen-bond donors (Lipinski definition) is 0. The van der Waals surface area contributed by atoms with Gasteiger partial charge in [0.15, 0.2) is 6.10 Å². The maximum atomic E-state index is 12.6. The summed E-state index contributed by atoms with van der Waals surface area (Å²) in [5, 5.41) is 0.517. The van der Waals surface area contributed by atoms with Crippen molar-refractivity contribution in [2.75, 3.05) is 18.1 Å². The number of halogens is 1. The number of anilines is 1. The van der Waals surface area contributed by atoms with Gasteiger partial charge in [-0.25, -0.2) is 0 Å². The number of hydrogen-bond acceptors (Lipinski definition) is 5. The van der Waals surface area contributed by atoms with Crippen molar-refractivity contribution in [3.63, 3.8) is 0 Å². The summed E-state index contributed by atoms with van der Waals surface area (Å²) >= 11 is 5.83. The number of carbonyl (C=O) groups is 3. The molecule has 2 aromatic rings. The number of benzene rings is 2. The van der Waals surface area contributed by atoms with Crippen molar-refractivity contribution < 1.29 is 23.9 Å². The van der Waals surface area contributed by atoms with E-state index in [1.54, 1.807) is 36.4 Å². The second-order valence-electron chi connectivity index (χ2n) is 6.76. The molecule has 0 aromatic heterocycles. The highest BCUT2D eigenvalue weighted by atomic mass is 35.5. The zero-order chi connectivity index (χ0) is 21.0. The molecule has 1 saturated heterocycles. The summed E-state index contributed by atoms with van der Waals surface area (Å²) in [6.45, 7) is 4.04. The molecule has 0 spiro atoms. The lowest BCUT2D eigenvalue weighted by molar-refractivity contribution is -0.151. The van der Waals surface area contributed by atoms with Crippen molar-refractivity contribution in [3.05, 3.63) is 59.1 Å².